The Labute approximate surface area is 597 Å². The molecule has 4 aromatic heterocycles. The predicted molar refractivity (Wildman–Crippen MR) is 324 cm³/mol. The molecule has 7 heterocycles. The number of rotatable bonds is 6. The number of aliphatic imine (C=N–C) groups is 2. The Hall–Kier alpha value is -9.96. The van der Waals surface area contributed by atoms with Gasteiger partial charge in [-0.05, 0) is 112 Å². The van der Waals surface area contributed by atoms with E-state index < -0.39 is 326 Å². The lowest BCUT2D eigenvalue weighted by Gasteiger charge is -2.15. The van der Waals surface area contributed by atoms with Crippen LogP contribution in [0.3, 0.4) is 0 Å². The maximum absolute atomic E-state index is 16.7. The number of allylic oxidation sites excluding steroid dienone is 4. The predicted octanol–water partition coefficient (Wildman–Crippen LogP) is 18.2. The van der Waals surface area contributed by atoms with Crippen LogP contribution in [0.5, 0.6) is 0 Å². The van der Waals surface area contributed by atoms with Crippen LogP contribution >= 0.6 is 63.7 Å². The van der Waals surface area contributed by atoms with Gasteiger partial charge in [0.05, 0.1) is 74.1 Å². The van der Waals surface area contributed by atoms with Gasteiger partial charge in [-0.1, -0.05) is 0 Å². The van der Waals surface area contributed by atoms with Gasteiger partial charge in [-0.3, -0.25) is 0 Å². The van der Waals surface area contributed by atoms with E-state index in [1.165, 1.54) is 0 Å². The number of H-pyrrole nitrogens is 4. The number of fused-ring (bicyclic) bond motifs is 10. The molecule has 0 spiro atoms. The molecule has 0 unspecified atom stereocenters. The van der Waals surface area contributed by atoms with Crippen molar-refractivity contribution in [2.75, 3.05) is 0 Å². The third-order valence-electron chi connectivity index (χ3n) is 16.3. The molecule has 3 aliphatic heterocycles. The number of aromatic amines is 4. The van der Waals surface area contributed by atoms with Crippen molar-refractivity contribution in [3.8, 4) is 0 Å². The first-order valence-electron chi connectivity index (χ1n) is 28.0. The number of nitrogens with zero attached hydrogens (tertiary/aromatic N) is 2. The second-order valence-corrected chi connectivity index (χ2v) is 25.1. The minimum Gasteiger partial charge on any atom is -0.354 e. The van der Waals surface area contributed by atoms with Crippen molar-refractivity contribution in [3.05, 3.63) is 330 Å². The average Bonchev–Trinajstić information content (AvgIpc) is 1.57. The van der Waals surface area contributed by atoms with Gasteiger partial charge in [0.2, 0.25) is 34.9 Å². The monoisotopic (exact) mass is 1770 g/mol. The minimum absolute atomic E-state index is 0.387. The van der Waals surface area contributed by atoms with Crippen molar-refractivity contribution in [1.82, 2.24) is 19.9 Å². The first kappa shape index (κ1) is 74.3. The smallest absolute Gasteiger partial charge is 0.200 e. The van der Waals surface area contributed by atoms with E-state index in [2.05, 4.69) is 93.6 Å². The first-order valence-corrected chi connectivity index (χ1v) is 31.1. The van der Waals surface area contributed by atoms with E-state index in [4.69, 9.17) is 0 Å². The van der Waals surface area contributed by atoms with Crippen LogP contribution in [-0.2, 0) is 0 Å². The zero-order chi connectivity index (χ0) is 77.4. The number of aromatic nitrogens is 4. The van der Waals surface area contributed by atoms with Crippen LogP contribution in [0.2, 0.25) is 0 Å². The Bertz CT molecular complexity index is 5720. The van der Waals surface area contributed by atoms with Crippen LogP contribution in [0.1, 0.15) is 56.2 Å². The van der Waals surface area contributed by atoms with Crippen molar-refractivity contribution in [2.45, 2.75) is 0 Å². The van der Waals surface area contributed by atoms with Crippen molar-refractivity contribution in [1.29, 1.82) is 0 Å². The quantitative estimate of drug-likeness (QED) is 0.0726. The third kappa shape index (κ3) is 10.8. The van der Waals surface area contributed by atoms with E-state index >= 15 is 123 Å². The van der Waals surface area contributed by atoms with Gasteiger partial charge in [-0.15, -0.1) is 0 Å². The Kier molecular flexibility index (Phi) is 18.6. The minimum atomic E-state index is -2.94. The lowest BCUT2D eigenvalue weighted by molar-refractivity contribution is 0.376. The summed E-state index contributed by atoms with van der Waals surface area (Å²) >= 11 is 11.4. The number of hydrogen-bond acceptors (Lipinski definition) is 2. The molecule has 0 fully saturated rings. The summed E-state index contributed by atoms with van der Waals surface area (Å²) in [5.74, 6) is -86.6. The Morgan fingerprint density at radius 2 is 0.340 bits per heavy atom. The summed E-state index contributed by atoms with van der Waals surface area (Å²) in [5, 5.41) is -5.16. The highest BCUT2D eigenvalue weighted by molar-refractivity contribution is 9.15. The van der Waals surface area contributed by atoms with Crippen LogP contribution in [0.4, 0.5) is 132 Å². The fraction of sp³-hybridized carbons (Fsp3) is 0. The molecule has 6 nitrogen and oxygen atoms in total. The SMILES string of the molecule is Fc1c(F)c(F)c(C2=C3N=C(C(Br)=C3Br)C(c3c(F)c(F)c(F)c(F)c3F)=c3ccc([nH]3)=C(c3c(F)c(F)c(F)c(F)c3F)c3ccc([nH]3)C(c3c(F)c(F)c(F)c(F)c3F)=C3N=C(C(Br)=C3Br)C(c3c(F)c(F)c(F)c(F)c3F)=c3ccc([nH]3)=C(c3c(F)c(F)c(F)c(F)c3F)c3ccc2[nH]3)c(F)c1F. The molecule has 106 heavy (non-hydrogen) atoms. The molecule has 0 amide bonds. The standard InChI is InChI=1S/C66H12Br4F30N6/c67-29-30(68)64-21(27-41(79)53(91)61(99)54(92)42(27)80)15-7-3-11(103-15)18(24-35(73)47(85)58(96)48(86)36(24)74)12-4-8-16(104-12)22(28-43(81)55(93)62(100)56(94)44(28)82)66-32(70)31(69)65(106-66)20(26-39(77)51(89)60(98)52(90)40(26)78)14-6-2-10(102-14)17(23-33(71)45(83)57(95)46(84)34(23)72)9-1-5-13(101-9)19(63(29)105-64)25-37(75)49(87)59(97)50(88)38(25)76/h1-8,101-104H. The van der Waals surface area contributed by atoms with Gasteiger partial charge in [0.1, 0.15) is 0 Å². The molecule has 0 saturated carbocycles. The topological polar surface area (TPSA) is 87.9 Å². The van der Waals surface area contributed by atoms with Crippen LogP contribution < -0.4 is 21.4 Å². The lowest BCUT2D eigenvalue weighted by Crippen LogP contribution is -2.23. The number of hydrogen-bond donors (Lipinski definition) is 4. The van der Waals surface area contributed by atoms with E-state index in [1.54, 1.807) is 0 Å². The highest BCUT2D eigenvalue weighted by Crippen LogP contribution is 2.49. The Balaban J connectivity index is 1.33. The molecule has 0 aliphatic carbocycles. The summed E-state index contributed by atoms with van der Waals surface area (Å²) in [5.41, 5.74) is -33.8. The molecule has 0 radical (unpaired) electrons. The number of benzene rings is 6. The van der Waals surface area contributed by atoms with Gasteiger partial charge < -0.3 is 19.9 Å². The second kappa shape index (κ2) is 26.5. The van der Waals surface area contributed by atoms with E-state index in [0.29, 0.717) is 48.5 Å². The van der Waals surface area contributed by atoms with Gasteiger partial charge >= 0.3 is 0 Å². The number of halogens is 34. The van der Waals surface area contributed by atoms with E-state index in [0.717, 1.165) is 0 Å². The maximum Gasteiger partial charge on any atom is 0.200 e. The van der Waals surface area contributed by atoms with Crippen molar-refractivity contribution in [2.24, 2.45) is 9.98 Å². The molecule has 544 valence electrons. The zero-order valence-electron chi connectivity index (χ0n) is 49.4. The molecular weight excluding hydrogens is 1770 g/mol. The normalized spacial score (nSPS) is 14.4. The summed E-state index contributed by atoms with van der Waals surface area (Å²) in [6, 6.07) is 3.12. The fourth-order valence-electron chi connectivity index (χ4n) is 11.5. The van der Waals surface area contributed by atoms with E-state index in [9.17, 15) is 8.78 Å². The molecule has 3 aliphatic rings. The Morgan fingerprint density at radius 1 is 0.179 bits per heavy atom. The average molecular weight is 1780 g/mol. The van der Waals surface area contributed by atoms with Crippen LogP contribution in [0.15, 0.2) is 87.8 Å². The van der Waals surface area contributed by atoms with Gasteiger partial charge in [-0.2, -0.15) is 0 Å². The second-order valence-electron chi connectivity index (χ2n) is 21.9. The molecule has 4 N–H and O–H groups in total. The first-order chi connectivity index (χ1) is 49.8. The summed E-state index contributed by atoms with van der Waals surface area (Å²) < 4.78 is 474. The van der Waals surface area contributed by atoms with Crippen LogP contribution in [-0.4, -0.2) is 31.4 Å². The van der Waals surface area contributed by atoms with Gasteiger partial charge in [0.25, 0.3) is 0 Å². The summed E-state index contributed by atoms with van der Waals surface area (Å²) in [7, 11) is 0. The third-order valence-corrected chi connectivity index (χ3v) is 20.4. The molecule has 12 bridgehead atoms. The maximum atomic E-state index is 16.7. The molecule has 0 atom stereocenters. The molecule has 0 saturated heterocycles. The molecule has 10 aromatic rings. The largest absolute Gasteiger partial charge is 0.354 e. The van der Waals surface area contributed by atoms with Crippen molar-refractivity contribution >= 4 is 109 Å². The number of nitrogens with one attached hydrogen (secondary N) is 4. The van der Waals surface area contributed by atoms with Crippen LogP contribution in [0, 0.1) is 175 Å². The molecule has 6 aromatic carbocycles. The molecule has 40 heteroatoms. The molecular formula is C66H12Br4F30N6. The van der Waals surface area contributed by atoms with E-state index in [-0.39, 0.29) is 0 Å². The Morgan fingerprint density at radius 3 is 0.547 bits per heavy atom. The summed E-state index contributed by atoms with van der Waals surface area (Å²) in [4.78, 5) is 16.5. The summed E-state index contributed by atoms with van der Waals surface area (Å²) in [6.45, 7) is 0. The highest BCUT2D eigenvalue weighted by Gasteiger charge is 2.42. The van der Waals surface area contributed by atoms with Crippen molar-refractivity contribution < 1.29 is 132 Å². The molecule has 13 rings (SSSR count). The van der Waals surface area contributed by atoms with Gasteiger partial charge in [0.15, 0.2) is 140 Å². The van der Waals surface area contributed by atoms with Gasteiger partial charge in [0, 0.05) is 77.6 Å². The van der Waals surface area contributed by atoms with Gasteiger partial charge in [-0.25, -0.2) is 142 Å². The van der Waals surface area contributed by atoms with E-state index in [1.807, 2.05) is 0 Å². The fourth-order valence-corrected chi connectivity index (χ4v) is 13.4. The summed E-state index contributed by atoms with van der Waals surface area (Å²) in [6.07, 6.45) is 0. The zero-order valence-corrected chi connectivity index (χ0v) is 55.7. The lowest BCUT2D eigenvalue weighted by atomic mass is 9.98. The van der Waals surface area contributed by atoms with Crippen molar-refractivity contribution in [3.63, 3.8) is 0 Å². The van der Waals surface area contributed by atoms with Crippen LogP contribution in [0.25, 0.3) is 33.4 Å². The highest BCUT2D eigenvalue weighted by atomic mass is 79.9.